The maximum atomic E-state index is 12.8. The van der Waals surface area contributed by atoms with Crippen LogP contribution in [-0.4, -0.2) is 19.5 Å². The highest BCUT2D eigenvalue weighted by molar-refractivity contribution is 7.92. The number of furan rings is 1. The zero-order valence-electron chi connectivity index (χ0n) is 15.5. The number of carboxylic acid groups (broad SMARTS) is 1. The summed E-state index contributed by atoms with van der Waals surface area (Å²) in [5.74, 6) is 4.82. The number of sulfonamides is 1. The lowest BCUT2D eigenvalue weighted by molar-refractivity contribution is 0.0697. The number of aromatic carboxylic acids is 1. The first-order chi connectivity index (χ1) is 14.4. The Morgan fingerprint density at radius 3 is 2.33 bits per heavy atom. The van der Waals surface area contributed by atoms with Gasteiger partial charge in [0.15, 0.2) is 0 Å². The van der Waals surface area contributed by atoms with Crippen LogP contribution in [0.1, 0.15) is 21.5 Å². The SMILES string of the molecule is O=C(O)c1ccc(C#Cc2ccccc2NS(=O)(=O)c2cc3ccccc3o2)cc1. The van der Waals surface area contributed by atoms with Gasteiger partial charge in [0, 0.05) is 22.6 Å². The third kappa shape index (κ3) is 4.04. The van der Waals surface area contributed by atoms with E-state index >= 15 is 0 Å². The van der Waals surface area contributed by atoms with Gasteiger partial charge in [-0.3, -0.25) is 4.72 Å². The fourth-order valence-electron chi connectivity index (χ4n) is 2.80. The molecule has 0 bridgehead atoms. The zero-order chi connectivity index (χ0) is 21.1. The van der Waals surface area contributed by atoms with Crippen molar-refractivity contribution >= 4 is 32.6 Å². The fourth-order valence-corrected chi connectivity index (χ4v) is 3.85. The summed E-state index contributed by atoms with van der Waals surface area (Å²) in [6, 6.07) is 21.4. The number of hydrogen-bond donors (Lipinski definition) is 2. The number of carbonyl (C=O) groups is 1. The van der Waals surface area contributed by atoms with Crippen LogP contribution in [0.2, 0.25) is 0 Å². The topological polar surface area (TPSA) is 96.6 Å². The van der Waals surface area contributed by atoms with Crippen molar-refractivity contribution in [1.82, 2.24) is 0 Å². The predicted molar refractivity (Wildman–Crippen MR) is 113 cm³/mol. The average Bonchev–Trinajstić information content (AvgIpc) is 3.19. The number of hydrogen-bond acceptors (Lipinski definition) is 4. The molecule has 148 valence electrons. The smallest absolute Gasteiger partial charge is 0.335 e. The van der Waals surface area contributed by atoms with E-state index in [1.54, 1.807) is 60.7 Å². The van der Waals surface area contributed by atoms with E-state index < -0.39 is 16.0 Å². The van der Waals surface area contributed by atoms with E-state index in [-0.39, 0.29) is 10.7 Å². The normalized spacial score (nSPS) is 10.9. The molecule has 3 aromatic carbocycles. The van der Waals surface area contributed by atoms with E-state index in [0.29, 0.717) is 27.8 Å². The second kappa shape index (κ2) is 7.78. The maximum absolute atomic E-state index is 12.8. The van der Waals surface area contributed by atoms with E-state index in [0.717, 1.165) is 0 Å². The molecule has 0 radical (unpaired) electrons. The van der Waals surface area contributed by atoms with Gasteiger partial charge in [0.25, 0.3) is 10.0 Å². The van der Waals surface area contributed by atoms with Crippen LogP contribution in [0.15, 0.2) is 88.4 Å². The van der Waals surface area contributed by atoms with E-state index in [4.69, 9.17) is 9.52 Å². The van der Waals surface area contributed by atoms with Crippen molar-refractivity contribution in [2.75, 3.05) is 4.72 Å². The van der Waals surface area contributed by atoms with Crippen molar-refractivity contribution in [3.05, 3.63) is 95.6 Å². The number of fused-ring (bicyclic) bond motifs is 1. The predicted octanol–water partition coefficient (Wildman–Crippen LogP) is 4.33. The minimum absolute atomic E-state index is 0.166. The van der Waals surface area contributed by atoms with Crippen LogP contribution in [-0.2, 0) is 10.0 Å². The lowest BCUT2D eigenvalue weighted by Crippen LogP contribution is -2.13. The summed E-state index contributed by atoms with van der Waals surface area (Å²) in [6.45, 7) is 0. The Morgan fingerprint density at radius 1 is 0.900 bits per heavy atom. The first-order valence-corrected chi connectivity index (χ1v) is 10.4. The number of benzene rings is 3. The molecule has 0 saturated carbocycles. The Balaban J connectivity index is 1.63. The highest BCUT2D eigenvalue weighted by Crippen LogP contribution is 2.25. The van der Waals surface area contributed by atoms with Gasteiger partial charge in [-0.2, -0.15) is 8.42 Å². The minimum atomic E-state index is -3.95. The first-order valence-electron chi connectivity index (χ1n) is 8.88. The van der Waals surface area contributed by atoms with Gasteiger partial charge in [0.05, 0.1) is 11.3 Å². The van der Waals surface area contributed by atoms with Gasteiger partial charge in [-0.25, -0.2) is 4.79 Å². The second-order valence-electron chi connectivity index (χ2n) is 6.39. The number of nitrogens with one attached hydrogen (secondary N) is 1. The second-order valence-corrected chi connectivity index (χ2v) is 8.00. The molecule has 2 N–H and O–H groups in total. The molecule has 0 aliphatic rings. The molecule has 0 spiro atoms. The Hall–Kier alpha value is -4.02. The monoisotopic (exact) mass is 417 g/mol. The number of rotatable bonds is 4. The number of carboxylic acids is 1. The van der Waals surface area contributed by atoms with Crippen molar-refractivity contribution in [1.29, 1.82) is 0 Å². The van der Waals surface area contributed by atoms with Gasteiger partial charge in [-0.15, -0.1) is 0 Å². The zero-order valence-corrected chi connectivity index (χ0v) is 16.3. The largest absolute Gasteiger partial charge is 0.478 e. The molecule has 1 aromatic heterocycles. The Morgan fingerprint density at radius 2 is 1.60 bits per heavy atom. The van der Waals surface area contributed by atoms with E-state index in [1.807, 2.05) is 0 Å². The summed E-state index contributed by atoms with van der Waals surface area (Å²) in [5.41, 5.74) is 2.04. The lowest BCUT2D eigenvalue weighted by Gasteiger charge is -2.07. The van der Waals surface area contributed by atoms with Gasteiger partial charge in [-0.1, -0.05) is 42.2 Å². The molecule has 0 atom stereocenters. The molecular formula is C23H15NO5S. The van der Waals surface area contributed by atoms with Gasteiger partial charge in [0.1, 0.15) is 5.58 Å². The standard InChI is InChI=1S/C23H15NO5S/c25-23(26)18-13-10-16(11-14-18)9-12-17-5-1-3-7-20(17)24-30(27,28)22-15-19-6-2-4-8-21(19)29-22/h1-8,10-11,13-15,24H,(H,25,26). The Labute approximate surface area is 172 Å². The molecule has 1 heterocycles. The first kappa shape index (κ1) is 19.3. The molecule has 4 aromatic rings. The fraction of sp³-hybridized carbons (Fsp3) is 0. The summed E-state index contributed by atoms with van der Waals surface area (Å²) in [7, 11) is -3.95. The van der Waals surface area contributed by atoms with Crippen LogP contribution in [0.25, 0.3) is 11.0 Å². The van der Waals surface area contributed by atoms with E-state index in [2.05, 4.69) is 16.6 Å². The van der Waals surface area contributed by atoms with Crippen LogP contribution >= 0.6 is 0 Å². The molecule has 7 heteroatoms. The van der Waals surface area contributed by atoms with Crippen molar-refractivity contribution in [2.45, 2.75) is 5.09 Å². The van der Waals surface area contributed by atoms with Crippen LogP contribution in [0.3, 0.4) is 0 Å². The van der Waals surface area contributed by atoms with Gasteiger partial charge in [0.2, 0.25) is 5.09 Å². The summed E-state index contributed by atoms with van der Waals surface area (Å²) in [4.78, 5) is 10.9. The molecule has 30 heavy (non-hydrogen) atoms. The third-order valence-corrected chi connectivity index (χ3v) is 5.53. The van der Waals surface area contributed by atoms with Crippen molar-refractivity contribution in [2.24, 2.45) is 0 Å². The quantitative estimate of drug-likeness (QED) is 0.482. The van der Waals surface area contributed by atoms with Crippen LogP contribution < -0.4 is 4.72 Å². The summed E-state index contributed by atoms with van der Waals surface area (Å²) < 4.78 is 33.6. The van der Waals surface area contributed by atoms with Gasteiger partial charge >= 0.3 is 5.97 Å². The van der Waals surface area contributed by atoms with Gasteiger partial charge in [-0.05, 0) is 42.5 Å². The third-order valence-electron chi connectivity index (χ3n) is 4.31. The Kier molecular flexibility index (Phi) is 5.00. The van der Waals surface area contributed by atoms with E-state index in [1.165, 1.54) is 18.2 Å². The molecule has 6 nitrogen and oxygen atoms in total. The molecule has 0 amide bonds. The van der Waals surface area contributed by atoms with Crippen LogP contribution in [0, 0.1) is 11.8 Å². The Bertz CT molecular complexity index is 1370. The van der Waals surface area contributed by atoms with Crippen molar-refractivity contribution < 1.29 is 22.7 Å². The number of anilines is 1. The van der Waals surface area contributed by atoms with Crippen molar-refractivity contribution in [3.8, 4) is 11.8 Å². The lowest BCUT2D eigenvalue weighted by atomic mass is 10.1. The summed E-state index contributed by atoms with van der Waals surface area (Å²) in [6.07, 6.45) is 0. The van der Waals surface area contributed by atoms with Crippen molar-refractivity contribution in [3.63, 3.8) is 0 Å². The van der Waals surface area contributed by atoms with Gasteiger partial charge < -0.3 is 9.52 Å². The van der Waals surface area contributed by atoms with Crippen LogP contribution in [0.5, 0.6) is 0 Å². The molecule has 4 rings (SSSR count). The molecule has 0 fully saturated rings. The number of para-hydroxylation sites is 2. The molecule has 0 aliphatic carbocycles. The molecule has 0 saturated heterocycles. The maximum Gasteiger partial charge on any atom is 0.335 e. The highest BCUT2D eigenvalue weighted by atomic mass is 32.2. The van der Waals surface area contributed by atoms with Crippen LogP contribution in [0.4, 0.5) is 5.69 Å². The molecule has 0 unspecified atom stereocenters. The summed E-state index contributed by atoms with van der Waals surface area (Å²) >= 11 is 0. The minimum Gasteiger partial charge on any atom is -0.478 e. The average molecular weight is 417 g/mol. The molecule has 0 aliphatic heterocycles. The summed E-state index contributed by atoms with van der Waals surface area (Å²) in [5, 5.41) is 9.47. The van der Waals surface area contributed by atoms with E-state index in [9.17, 15) is 13.2 Å². The highest BCUT2D eigenvalue weighted by Gasteiger charge is 2.20. The molecular weight excluding hydrogens is 402 g/mol.